The lowest BCUT2D eigenvalue weighted by Gasteiger charge is -2.25. The second kappa shape index (κ2) is 12.6. The highest BCUT2D eigenvalue weighted by Gasteiger charge is 2.33. The number of rotatable bonds is 9. The molecule has 8 nitrogen and oxygen atoms in total. The first-order valence-electron chi connectivity index (χ1n) is 13.0. The van der Waals surface area contributed by atoms with Crippen LogP contribution < -0.4 is 14.2 Å². The molecule has 0 bridgehead atoms. The van der Waals surface area contributed by atoms with Crippen molar-refractivity contribution in [2.45, 2.75) is 74.2 Å². The van der Waals surface area contributed by atoms with Crippen LogP contribution in [-0.4, -0.2) is 38.4 Å². The topological polar surface area (TPSA) is 97.4 Å². The summed E-state index contributed by atoms with van der Waals surface area (Å²) in [5.41, 5.74) is 0.184. The van der Waals surface area contributed by atoms with Gasteiger partial charge in [0.2, 0.25) is 0 Å². The fraction of sp³-hybridized carbons (Fsp3) is 0.469. The average Bonchev–Trinajstić information content (AvgIpc) is 2.85. The molecule has 0 aliphatic heterocycles. The maximum atomic E-state index is 13.0. The zero-order valence-electron chi connectivity index (χ0n) is 25.5. The molecule has 0 saturated heterocycles. The van der Waals surface area contributed by atoms with Crippen LogP contribution in [0.5, 0.6) is 17.2 Å². The number of carbonyl (C=O) groups is 3. The number of hydrogen-bond donors (Lipinski definition) is 0. The number of allylic oxidation sites excluding steroid dienone is 1. The molecule has 0 amide bonds. The predicted molar refractivity (Wildman–Crippen MR) is 154 cm³/mol. The van der Waals surface area contributed by atoms with Gasteiger partial charge in [-0.15, -0.1) is 0 Å². The van der Waals surface area contributed by atoms with Crippen LogP contribution in [0.3, 0.4) is 0 Å². The standard InChI is InChI=1S/C32H42O8/c1-30(2,3)23-17-19-25(36-10)22(26(23)37-11)16-18-24(33)20-12-14-21(15-13-20)38-29(39-27(34)31(4,5)6)40-28(35)32(7,8)9/h12-19,29H,1-11H3/b18-16+. The minimum absolute atomic E-state index is 0.180. The largest absolute Gasteiger partial charge is 0.496 e. The van der Waals surface area contributed by atoms with E-state index in [1.165, 1.54) is 18.2 Å². The molecule has 0 fully saturated rings. The van der Waals surface area contributed by atoms with Gasteiger partial charge in [-0.1, -0.05) is 26.8 Å². The molecule has 2 aromatic carbocycles. The van der Waals surface area contributed by atoms with Crippen molar-refractivity contribution in [3.63, 3.8) is 0 Å². The molecule has 0 atom stereocenters. The Balaban J connectivity index is 2.28. The van der Waals surface area contributed by atoms with Gasteiger partial charge in [0, 0.05) is 11.1 Å². The highest BCUT2D eigenvalue weighted by atomic mass is 16.9. The van der Waals surface area contributed by atoms with E-state index >= 15 is 0 Å². The SMILES string of the molecule is COc1ccc(C(C)(C)C)c(OC)c1/C=C/C(=O)c1ccc(OC(OC(=O)C(C)(C)C)OC(=O)C(C)(C)C)cc1. The van der Waals surface area contributed by atoms with Crippen LogP contribution in [-0.2, 0) is 24.5 Å². The van der Waals surface area contributed by atoms with Crippen molar-refractivity contribution in [3.05, 3.63) is 59.2 Å². The maximum absolute atomic E-state index is 13.0. The van der Waals surface area contributed by atoms with Gasteiger partial charge in [0.25, 0.3) is 0 Å². The first-order valence-corrected chi connectivity index (χ1v) is 13.0. The minimum Gasteiger partial charge on any atom is -0.496 e. The van der Waals surface area contributed by atoms with E-state index in [1.807, 2.05) is 12.1 Å². The molecule has 8 heteroatoms. The van der Waals surface area contributed by atoms with Crippen molar-refractivity contribution in [1.82, 2.24) is 0 Å². The summed E-state index contributed by atoms with van der Waals surface area (Å²) in [6, 6.07) is 10.0. The van der Waals surface area contributed by atoms with Crippen LogP contribution >= 0.6 is 0 Å². The summed E-state index contributed by atoms with van der Waals surface area (Å²) in [4.78, 5) is 37.9. The molecule has 2 rings (SSSR count). The highest BCUT2D eigenvalue weighted by molar-refractivity contribution is 6.07. The van der Waals surface area contributed by atoms with Gasteiger partial charge in [0.05, 0.1) is 30.6 Å². The van der Waals surface area contributed by atoms with Crippen LogP contribution in [0.2, 0.25) is 0 Å². The third kappa shape index (κ3) is 8.60. The van der Waals surface area contributed by atoms with Gasteiger partial charge < -0.3 is 23.7 Å². The Morgan fingerprint density at radius 1 is 0.725 bits per heavy atom. The zero-order chi connectivity index (χ0) is 30.5. The molecule has 0 N–H and O–H groups in total. The van der Waals surface area contributed by atoms with Crippen LogP contribution in [0.4, 0.5) is 0 Å². The summed E-state index contributed by atoms with van der Waals surface area (Å²) >= 11 is 0. The van der Waals surface area contributed by atoms with E-state index in [0.29, 0.717) is 22.6 Å². The van der Waals surface area contributed by atoms with E-state index in [2.05, 4.69) is 20.8 Å². The molecule has 0 aromatic heterocycles. The fourth-order valence-corrected chi connectivity index (χ4v) is 3.39. The average molecular weight is 555 g/mol. The summed E-state index contributed by atoms with van der Waals surface area (Å²) in [6.45, 7) is 14.7. The molecule has 0 radical (unpaired) electrons. The van der Waals surface area contributed by atoms with Gasteiger partial charge in [-0.3, -0.25) is 14.4 Å². The summed E-state index contributed by atoms with van der Waals surface area (Å²) < 4.78 is 27.5. The van der Waals surface area contributed by atoms with Crippen molar-refractivity contribution in [2.24, 2.45) is 10.8 Å². The number of benzene rings is 2. The Bertz CT molecular complexity index is 1210. The Labute approximate surface area is 237 Å². The van der Waals surface area contributed by atoms with E-state index in [1.54, 1.807) is 74.0 Å². The smallest absolute Gasteiger partial charge is 0.410 e. The van der Waals surface area contributed by atoms with Crippen molar-refractivity contribution in [2.75, 3.05) is 14.2 Å². The number of ketones is 1. The Morgan fingerprint density at radius 2 is 1.25 bits per heavy atom. The molecule has 0 heterocycles. The fourth-order valence-electron chi connectivity index (χ4n) is 3.39. The van der Waals surface area contributed by atoms with Crippen LogP contribution in [0.1, 0.15) is 83.8 Å². The van der Waals surface area contributed by atoms with E-state index in [4.69, 9.17) is 23.7 Å². The molecule has 0 aliphatic carbocycles. The molecule has 0 spiro atoms. The first kappa shape index (κ1) is 32.4. The number of methoxy groups -OCH3 is 2. The van der Waals surface area contributed by atoms with Crippen molar-refractivity contribution < 1.29 is 38.1 Å². The summed E-state index contributed by atoms with van der Waals surface area (Å²) in [7, 11) is 3.15. The summed E-state index contributed by atoms with van der Waals surface area (Å²) in [5, 5.41) is 0. The van der Waals surface area contributed by atoms with Gasteiger partial charge in [-0.05, 0) is 89.4 Å². The normalized spacial score (nSPS) is 12.3. The van der Waals surface area contributed by atoms with Crippen molar-refractivity contribution >= 4 is 23.8 Å². The molecule has 0 saturated carbocycles. The monoisotopic (exact) mass is 554 g/mol. The second-order valence-electron chi connectivity index (χ2n) is 12.5. The van der Waals surface area contributed by atoms with E-state index < -0.39 is 29.2 Å². The lowest BCUT2D eigenvalue weighted by molar-refractivity contribution is -0.244. The van der Waals surface area contributed by atoms with Crippen LogP contribution in [0.15, 0.2) is 42.5 Å². The second-order valence-corrected chi connectivity index (χ2v) is 12.5. The van der Waals surface area contributed by atoms with Gasteiger partial charge in [0.15, 0.2) is 5.78 Å². The Hall–Kier alpha value is -3.81. The summed E-state index contributed by atoms with van der Waals surface area (Å²) in [5.74, 6) is 0.00973. The third-order valence-corrected chi connectivity index (χ3v) is 5.79. The number of carbonyl (C=O) groups excluding carboxylic acids is 3. The van der Waals surface area contributed by atoms with Gasteiger partial charge in [-0.2, -0.15) is 0 Å². The molecular formula is C32H42O8. The van der Waals surface area contributed by atoms with Crippen molar-refractivity contribution in [3.8, 4) is 17.2 Å². The highest BCUT2D eigenvalue weighted by Crippen LogP contribution is 2.39. The predicted octanol–water partition coefficient (Wildman–Crippen LogP) is 6.74. The first-order chi connectivity index (χ1) is 18.4. The number of ether oxygens (including phenoxy) is 5. The Kier molecular flexibility index (Phi) is 10.2. The quantitative estimate of drug-likeness (QED) is 0.146. The van der Waals surface area contributed by atoms with Crippen molar-refractivity contribution in [1.29, 1.82) is 0 Å². The third-order valence-electron chi connectivity index (χ3n) is 5.79. The summed E-state index contributed by atoms with van der Waals surface area (Å²) in [6.07, 6.45) is 3.12. The van der Waals surface area contributed by atoms with Crippen LogP contribution in [0.25, 0.3) is 6.08 Å². The molecule has 0 aliphatic rings. The molecule has 40 heavy (non-hydrogen) atoms. The van der Waals surface area contributed by atoms with Gasteiger partial charge in [0.1, 0.15) is 17.2 Å². The van der Waals surface area contributed by atoms with Gasteiger partial charge >= 0.3 is 18.4 Å². The zero-order valence-corrected chi connectivity index (χ0v) is 25.5. The molecule has 0 unspecified atom stereocenters. The number of hydrogen-bond acceptors (Lipinski definition) is 8. The molecule has 2 aromatic rings. The Morgan fingerprint density at radius 3 is 1.68 bits per heavy atom. The van der Waals surface area contributed by atoms with E-state index in [9.17, 15) is 14.4 Å². The number of esters is 2. The lowest BCUT2D eigenvalue weighted by atomic mass is 9.85. The minimum atomic E-state index is -1.59. The van der Waals surface area contributed by atoms with E-state index in [0.717, 1.165) is 5.56 Å². The lowest BCUT2D eigenvalue weighted by Crippen LogP contribution is -2.37. The van der Waals surface area contributed by atoms with Crippen LogP contribution in [0, 0.1) is 10.8 Å². The van der Waals surface area contributed by atoms with E-state index in [-0.39, 0.29) is 16.9 Å². The molecule has 218 valence electrons. The van der Waals surface area contributed by atoms with Gasteiger partial charge in [-0.25, -0.2) is 0 Å². The maximum Gasteiger partial charge on any atom is 0.410 e. The molecular weight excluding hydrogens is 512 g/mol.